The molecule has 0 fully saturated rings. The van der Waals surface area contributed by atoms with Gasteiger partial charge in [-0.25, -0.2) is 14.4 Å². The summed E-state index contributed by atoms with van der Waals surface area (Å²) in [6, 6.07) is 4.90. The van der Waals surface area contributed by atoms with Crippen LogP contribution in [0.5, 0.6) is 0 Å². The van der Waals surface area contributed by atoms with Gasteiger partial charge in [0.2, 0.25) is 0 Å². The normalized spacial score (nSPS) is 12.5. The summed E-state index contributed by atoms with van der Waals surface area (Å²) in [5.41, 5.74) is 1.97. The second kappa shape index (κ2) is 5.67. The molecule has 19 heavy (non-hydrogen) atoms. The summed E-state index contributed by atoms with van der Waals surface area (Å²) >= 11 is 1.33. The van der Waals surface area contributed by atoms with E-state index >= 15 is 0 Å². The summed E-state index contributed by atoms with van der Waals surface area (Å²) in [4.78, 5) is 9.24. The number of hydrogen-bond donors (Lipinski definition) is 1. The molecule has 0 bridgehead atoms. The Morgan fingerprint density at radius 1 is 1.32 bits per heavy atom. The van der Waals surface area contributed by atoms with Crippen molar-refractivity contribution < 1.29 is 9.50 Å². The Balaban J connectivity index is 2.41. The molecule has 1 aromatic carbocycles. The number of aromatic nitrogens is 2. The summed E-state index contributed by atoms with van der Waals surface area (Å²) in [6.45, 7) is 5.20. The molecule has 1 atom stereocenters. The maximum absolute atomic E-state index is 13.6. The first kappa shape index (κ1) is 14.0. The third-order valence-corrected chi connectivity index (χ3v) is 3.67. The van der Waals surface area contributed by atoms with Gasteiger partial charge in [-0.3, -0.25) is 0 Å². The molecular weight excluding hydrogens is 263 g/mol. The van der Waals surface area contributed by atoms with Crippen molar-refractivity contribution in [3.05, 3.63) is 47.0 Å². The molecular formula is C14H15FN2OS. The van der Waals surface area contributed by atoms with Gasteiger partial charge in [-0.05, 0) is 61.9 Å². The molecule has 0 spiro atoms. The number of halogens is 1. The first-order valence-electron chi connectivity index (χ1n) is 5.93. The largest absolute Gasteiger partial charge is 0.389 e. The topological polar surface area (TPSA) is 46.0 Å². The van der Waals surface area contributed by atoms with Gasteiger partial charge in [0, 0.05) is 16.8 Å². The van der Waals surface area contributed by atoms with Crippen LogP contribution in [0.25, 0.3) is 0 Å². The van der Waals surface area contributed by atoms with E-state index in [1.54, 1.807) is 26.1 Å². The smallest absolute Gasteiger partial charge is 0.192 e. The zero-order valence-electron chi connectivity index (χ0n) is 11.0. The molecule has 0 aliphatic carbocycles. The summed E-state index contributed by atoms with van der Waals surface area (Å²) < 4.78 is 13.6. The molecule has 100 valence electrons. The molecule has 0 saturated carbocycles. The standard InChI is InChI=1S/C14H15FN2OS/c1-8-6-13(11(10(3)18)7-12(8)15)19-14-16-5-4-9(2)17-14/h4-7,10,18H,1-3H3/t10-/m0/s1. The Hall–Kier alpha value is -1.46. The Morgan fingerprint density at radius 2 is 2.05 bits per heavy atom. The third kappa shape index (κ3) is 3.30. The lowest BCUT2D eigenvalue weighted by Crippen LogP contribution is -1.98. The number of benzene rings is 1. The van der Waals surface area contributed by atoms with Gasteiger partial charge in [-0.2, -0.15) is 0 Å². The monoisotopic (exact) mass is 278 g/mol. The number of rotatable bonds is 3. The fourth-order valence-corrected chi connectivity index (χ4v) is 2.74. The van der Waals surface area contributed by atoms with E-state index in [-0.39, 0.29) is 5.82 Å². The molecule has 2 rings (SSSR count). The van der Waals surface area contributed by atoms with Crippen molar-refractivity contribution in [2.75, 3.05) is 0 Å². The molecule has 5 heteroatoms. The number of nitrogens with zero attached hydrogens (tertiary/aromatic N) is 2. The lowest BCUT2D eigenvalue weighted by molar-refractivity contribution is 0.196. The molecule has 1 N–H and O–H groups in total. The van der Waals surface area contributed by atoms with Crippen LogP contribution < -0.4 is 0 Å². The SMILES string of the molecule is Cc1ccnc(Sc2cc(C)c(F)cc2[C@H](C)O)n1. The Morgan fingerprint density at radius 3 is 2.68 bits per heavy atom. The number of aryl methyl sites for hydroxylation is 2. The van der Waals surface area contributed by atoms with Crippen LogP contribution in [-0.4, -0.2) is 15.1 Å². The van der Waals surface area contributed by atoms with Gasteiger partial charge < -0.3 is 5.11 Å². The average Bonchev–Trinajstić information content (AvgIpc) is 2.33. The first-order chi connectivity index (χ1) is 8.97. The molecule has 0 aliphatic rings. The average molecular weight is 278 g/mol. The highest BCUT2D eigenvalue weighted by atomic mass is 32.2. The first-order valence-corrected chi connectivity index (χ1v) is 6.74. The van der Waals surface area contributed by atoms with Gasteiger partial charge in [-0.15, -0.1) is 0 Å². The van der Waals surface area contributed by atoms with Gasteiger partial charge in [0.1, 0.15) is 5.82 Å². The quantitative estimate of drug-likeness (QED) is 0.874. The lowest BCUT2D eigenvalue weighted by Gasteiger charge is -2.12. The van der Waals surface area contributed by atoms with E-state index in [4.69, 9.17) is 0 Å². The zero-order valence-corrected chi connectivity index (χ0v) is 11.8. The van der Waals surface area contributed by atoms with Crippen molar-refractivity contribution in [3.63, 3.8) is 0 Å². The minimum Gasteiger partial charge on any atom is -0.389 e. The predicted octanol–water partition coefficient (Wildman–Crippen LogP) is 3.44. The van der Waals surface area contributed by atoms with Gasteiger partial charge in [0.15, 0.2) is 5.16 Å². The number of aliphatic hydroxyl groups excluding tert-OH is 1. The molecule has 1 aromatic heterocycles. The molecule has 1 heterocycles. The molecule has 0 unspecified atom stereocenters. The third-order valence-electron chi connectivity index (χ3n) is 2.72. The van der Waals surface area contributed by atoms with Crippen LogP contribution in [0, 0.1) is 19.7 Å². The zero-order chi connectivity index (χ0) is 14.0. The second-order valence-electron chi connectivity index (χ2n) is 4.40. The maximum Gasteiger partial charge on any atom is 0.192 e. The van der Waals surface area contributed by atoms with Gasteiger partial charge >= 0.3 is 0 Å². The molecule has 0 amide bonds. The number of aliphatic hydroxyl groups is 1. The van der Waals surface area contributed by atoms with Crippen LogP contribution >= 0.6 is 11.8 Å². The van der Waals surface area contributed by atoms with Crippen molar-refractivity contribution in [3.8, 4) is 0 Å². The van der Waals surface area contributed by atoms with E-state index < -0.39 is 6.10 Å². The predicted molar refractivity (Wildman–Crippen MR) is 72.7 cm³/mol. The number of hydrogen-bond acceptors (Lipinski definition) is 4. The molecule has 0 aliphatic heterocycles. The summed E-state index contributed by atoms with van der Waals surface area (Å²) in [5, 5.41) is 10.3. The maximum atomic E-state index is 13.6. The summed E-state index contributed by atoms with van der Waals surface area (Å²) in [6.07, 6.45) is 0.950. The molecule has 3 nitrogen and oxygen atoms in total. The van der Waals surface area contributed by atoms with Crippen LogP contribution in [0.3, 0.4) is 0 Å². The minimum atomic E-state index is -0.734. The van der Waals surface area contributed by atoms with E-state index in [1.807, 2.05) is 13.0 Å². The molecule has 0 saturated heterocycles. The molecule has 0 radical (unpaired) electrons. The van der Waals surface area contributed by atoms with Crippen molar-refractivity contribution in [2.45, 2.75) is 36.9 Å². The summed E-state index contributed by atoms with van der Waals surface area (Å²) in [7, 11) is 0. The van der Waals surface area contributed by atoms with Crippen molar-refractivity contribution >= 4 is 11.8 Å². The van der Waals surface area contributed by atoms with Crippen LogP contribution in [0.2, 0.25) is 0 Å². The van der Waals surface area contributed by atoms with Crippen molar-refractivity contribution in [1.29, 1.82) is 0 Å². The van der Waals surface area contributed by atoms with E-state index in [2.05, 4.69) is 9.97 Å². The van der Waals surface area contributed by atoms with Crippen LogP contribution in [0.15, 0.2) is 34.4 Å². The fraction of sp³-hybridized carbons (Fsp3) is 0.286. The van der Waals surface area contributed by atoms with Gasteiger partial charge in [0.05, 0.1) is 6.10 Å². The van der Waals surface area contributed by atoms with E-state index in [0.717, 1.165) is 10.6 Å². The summed E-state index contributed by atoms with van der Waals surface area (Å²) in [5.74, 6) is -0.314. The molecule has 2 aromatic rings. The second-order valence-corrected chi connectivity index (χ2v) is 5.41. The van der Waals surface area contributed by atoms with Crippen LogP contribution in [0.1, 0.15) is 29.8 Å². The van der Waals surface area contributed by atoms with Gasteiger partial charge in [-0.1, -0.05) is 0 Å². The Bertz CT molecular complexity index is 602. The van der Waals surface area contributed by atoms with E-state index in [1.165, 1.54) is 17.8 Å². The highest BCUT2D eigenvalue weighted by Gasteiger charge is 2.14. The van der Waals surface area contributed by atoms with Crippen LogP contribution in [-0.2, 0) is 0 Å². The van der Waals surface area contributed by atoms with Crippen LogP contribution in [0.4, 0.5) is 4.39 Å². The fourth-order valence-electron chi connectivity index (χ4n) is 1.66. The Labute approximate surface area is 115 Å². The lowest BCUT2D eigenvalue weighted by atomic mass is 10.1. The highest BCUT2D eigenvalue weighted by molar-refractivity contribution is 7.99. The van der Waals surface area contributed by atoms with E-state index in [0.29, 0.717) is 16.3 Å². The van der Waals surface area contributed by atoms with E-state index in [9.17, 15) is 9.50 Å². The van der Waals surface area contributed by atoms with Gasteiger partial charge in [0.25, 0.3) is 0 Å². The Kier molecular flexibility index (Phi) is 4.17. The van der Waals surface area contributed by atoms with Crippen molar-refractivity contribution in [2.24, 2.45) is 0 Å². The highest BCUT2D eigenvalue weighted by Crippen LogP contribution is 2.33. The minimum absolute atomic E-state index is 0.314. The van der Waals surface area contributed by atoms with Crippen molar-refractivity contribution in [1.82, 2.24) is 9.97 Å².